The number of benzene rings is 1. The van der Waals surface area contributed by atoms with Gasteiger partial charge in [0.25, 0.3) is 0 Å². The summed E-state index contributed by atoms with van der Waals surface area (Å²) in [6.07, 6.45) is 3.04. The van der Waals surface area contributed by atoms with E-state index in [0.717, 1.165) is 22.0 Å². The van der Waals surface area contributed by atoms with Crippen molar-refractivity contribution < 1.29 is 19.1 Å². The Morgan fingerprint density at radius 1 is 1.27 bits per heavy atom. The van der Waals surface area contributed by atoms with E-state index in [0.29, 0.717) is 6.61 Å². The molecule has 1 N–H and O–H groups in total. The summed E-state index contributed by atoms with van der Waals surface area (Å²) in [5, 5.41) is 5.58. The van der Waals surface area contributed by atoms with E-state index in [2.05, 4.69) is 15.0 Å². The van der Waals surface area contributed by atoms with Gasteiger partial charge in [-0.3, -0.25) is 4.79 Å². The molecule has 7 heteroatoms. The largest absolute Gasteiger partial charge is 0.487 e. The topological polar surface area (TPSA) is 77.5 Å². The summed E-state index contributed by atoms with van der Waals surface area (Å²) in [6, 6.07) is 7.35. The first kappa shape index (κ1) is 19.7. The standard InChI is InChI=1S/C19H22N2O4S/c1-13-20-15(12-26-13)11-25-16-8-5-14(6-9-16)7-10-17(22)21-19(2,3)18(23)24-4/h5-10,12H,11H2,1-4H3,(H,21,22)/b10-7+. The van der Waals surface area contributed by atoms with Crippen LogP contribution in [0.1, 0.15) is 30.1 Å². The predicted octanol–water partition coefficient (Wildman–Crippen LogP) is 3.11. The molecule has 2 aromatic rings. The van der Waals surface area contributed by atoms with Crippen LogP contribution in [0.4, 0.5) is 0 Å². The van der Waals surface area contributed by atoms with Crippen molar-refractivity contribution in [2.45, 2.75) is 32.9 Å². The molecule has 1 aromatic heterocycles. The van der Waals surface area contributed by atoms with Gasteiger partial charge in [-0.1, -0.05) is 12.1 Å². The average Bonchev–Trinajstić information content (AvgIpc) is 3.03. The van der Waals surface area contributed by atoms with E-state index in [1.165, 1.54) is 13.2 Å². The summed E-state index contributed by atoms with van der Waals surface area (Å²) in [5.41, 5.74) is 0.663. The number of methoxy groups -OCH3 is 1. The minimum atomic E-state index is -1.08. The molecule has 0 atom stereocenters. The molecule has 0 saturated carbocycles. The molecule has 1 amide bonds. The Morgan fingerprint density at radius 3 is 2.54 bits per heavy atom. The number of hydrogen-bond acceptors (Lipinski definition) is 6. The molecular weight excluding hydrogens is 352 g/mol. The molecule has 1 aromatic carbocycles. The summed E-state index contributed by atoms with van der Waals surface area (Å²) in [5.74, 6) is -0.153. The molecule has 0 aliphatic heterocycles. The number of nitrogens with zero attached hydrogens (tertiary/aromatic N) is 1. The number of carbonyl (C=O) groups is 2. The van der Waals surface area contributed by atoms with Gasteiger partial charge in [-0.05, 0) is 44.5 Å². The molecule has 0 saturated heterocycles. The van der Waals surface area contributed by atoms with E-state index in [1.54, 1.807) is 31.3 Å². The van der Waals surface area contributed by atoms with Crippen molar-refractivity contribution in [1.82, 2.24) is 10.3 Å². The van der Waals surface area contributed by atoms with E-state index in [1.807, 2.05) is 36.6 Å². The van der Waals surface area contributed by atoms with E-state index >= 15 is 0 Å². The number of aromatic nitrogens is 1. The molecule has 138 valence electrons. The number of carbonyl (C=O) groups excluding carboxylic acids is 2. The molecule has 6 nitrogen and oxygen atoms in total. The summed E-state index contributed by atoms with van der Waals surface area (Å²) in [4.78, 5) is 27.9. The predicted molar refractivity (Wildman–Crippen MR) is 101 cm³/mol. The first-order valence-electron chi connectivity index (χ1n) is 8.02. The highest BCUT2D eigenvalue weighted by Crippen LogP contribution is 2.16. The van der Waals surface area contributed by atoms with Crippen molar-refractivity contribution in [3.63, 3.8) is 0 Å². The SMILES string of the molecule is COC(=O)C(C)(C)NC(=O)/C=C/c1ccc(OCc2csc(C)n2)cc1. The fourth-order valence-electron chi connectivity index (χ4n) is 2.13. The molecule has 1 heterocycles. The quantitative estimate of drug-likeness (QED) is 0.595. The van der Waals surface area contributed by atoms with Gasteiger partial charge in [0.2, 0.25) is 5.91 Å². The minimum Gasteiger partial charge on any atom is -0.487 e. The first-order valence-corrected chi connectivity index (χ1v) is 8.90. The van der Waals surface area contributed by atoms with E-state index in [-0.39, 0.29) is 5.91 Å². The molecule has 0 aliphatic carbocycles. The second kappa shape index (κ2) is 8.62. The van der Waals surface area contributed by atoms with Gasteiger partial charge in [-0.25, -0.2) is 9.78 Å². The first-order chi connectivity index (χ1) is 12.3. The lowest BCUT2D eigenvalue weighted by atomic mass is 10.1. The second-order valence-electron chi connectivity index (χ2n) is 6.15. The summed E-state index contributed by atoms with van der Waals surface area (Å²) in [6.45, 7) is 5.55. The van der Waals surface area contributed by atoms with Crippen LogP contribution in [0, 0.1) is 6.92 Å². The van der Waals surface area contributed by atoms with Crippen LogP contribution in [0.25, 0.3) is 6.08 Å². The number of nitrogens with one attached hydrogen (secondary N) is 1. The Labute approximate surface area is 156 Å². The lowest BCUT2D eigenvalue weighted by Crippen LogP contribution is -2.49. The van der Waals surface area contributed by atoms with Crippen molar-refractivity contribution in [2.24, 2.45) is 0 Å². The zero-order valence-corrected chi connectivity index (χ0v) is 16.1. The zero-order chi connectivity index (χ0) is 19.2. The van der Waals surface area contributed by atoms with Crippen LogP contribution >= 0.6 is 11.3 Å². The second-order valence-corrected chi connectivity index (χ2v) is 7.22. The Bertz CT molecular complexity index is 794. The van der Waals surface area contributed by atoms with Gasteiger partial charge in [0.05, 0.1) is 17.8 Å². The highest BCUT2D eigenvalue weighted by atomic mass is 32.1. The Balaban J connectivity index is 1.88. The molecular formula is C19H22N2O4S. The third kappa shape index (κ3) is 5.70. The van der Waals surface area contributed by atoms with Crippen LogP contribution in [-0.4, -0.2) is 29.5 Å². The molecule has 0 radical (unpaired) electrons. The number of amides is 1. The molecule has 0 unspecified atom stereocenters. The van der Waals surface area contributed by atoms with E-state index in [9.17, 15) is 9.59 Å². The van der Waals surface area contributed by atoms with Gasteiger partial charge in [0.1, 0.15) is 17.9 Å². The minimum absolute atomic E-state index is 0.375. The van der Waals surface area contributed by atoms with Crippen molar-refractivity contribution in [3.05, 3.63) is 52.0 Å². The van der Waals surface area contributed by atoms with Gasteiger partial charge in [0.15, 0.2) is 0 Å². The van der Waals surface area contributed by atoms with Crippen molar-refractivity contribution >= 4 is 29.3 Å². The average molecular weight is 374 g/mol. The Hall–Kier alpha value is -2.67. The fourth-order valence-corrected chi connectivity index (χ4v) is 2.73. The van der Waals surface area contributed by atoms with Gasteiger partial charge in [-0.2, -0.15) is 0 Å². The lowest BCUT2D eigenvalue weighted by Gasteiger charge is -2.22. The number of thiazole rings is 1. The fraction of sp³-hybridized carbons (Fsp3) is 0.316. The molecule has 0 aliphatic rings. The summed E-state index contributed by atoms with van der Waals surface area (Å²) < 4.78 is 10.3. The highest BCUT2D eigenvalue weighted by molar-refractivity contribution is 7.09. The normalized spacial score (nSPS) is 11.4. The van der Waals surface area contributed by atoms with E-state index < -0.39 is 11.5 Å². The van der Waals surface area contributed by atoms with Crippen LogP contribution in [0.15, 0.2) is 35.7 Å². The van der Waals surface area contributed by atoms with Crippen LogP contribution in [0.3, 0.4) is 0 Å². The van der Waals surface area contributed by atoms with Gasteiger partial charge < -0.3 is 14.8 Å². The van der Waals surface area contributed by atoms with Crippen molar-refractivity contribution in [2.75, 3.05) is 7.11 Å². The zero-order valence-electron chi connectivity index (χ0n) is 15.2. The highest BCUT2D eigenvalue weighted by Gasteiger charge is 2.29. The Kier molecular flexibility index (Phi) is 6.52. The molecule has 0 spiro atoms. The van der Waals surface area contributed by atoms with Crippen LogP contribution in [0.2, 0.25) is 0 Å². The van der Waals surface area contributed by atoms with Crippen LogP contribution in [-0.2, 0) is 20.9 Å². The van der Waals surface area contributed by atoms with Gasteiger partial charge in [-0.15, -0.1) is 11.3 Å². The van der Waals surface area contributed by atoms with Crippen molar-refractivity contribution in [3.8, 4) is 5.75 Å². The smallest absolute Gasteiger partial charge is 0.330 e. The van der Waals surface area contributed by atoms with Crippen molar-refractivity contribution in [1.29, 1.82) is 0 Å². The maximum Gasteiger partial charge on any atom is 0.330 e. The number of ether oxygens (including phenoxy) is 2. The summed E-state index contributed by atoms with van der Waals surface area (Å²) >= 11 is 1.59. The van der Waals surface area contributed by atoms with Gasteiger partial charge in [0, 0.05) is 11.5 Å². The monoisotopic (exact) mass is 374 g/mol. The molecule has 0 fully saturated rings. The number of esters is 1. The maximum atomic E-state index is 11.9. The van der Waals surface area contributed by atoms with Crippen LogP contribution in [0.5, 0.6) is 5.75 Å². The number of hydrogen-bond donors (Lipinski definition) is 1. The number of rotatable bonds is 7. The lowest BCUT2D eigenvalue weighted by molar-refractivity contribution is -0.148. The van der Waals surface area contributed by atoms with E-state index in [4.69, 9.17) is 4.74 Å². The Morgan fingerprint density at radius 2 is 1.96 bits per heavy atom. The number of aryl methyl sites for hydroxylation is 1. The van der Waals surface area contributed by atoms with Crippen LogP contribution < -0.4 is 10.1 Å². The van der Waals surface area contributed by atoms with Gasteiger partial charge >= 0.3 is 5.97 Å². The maximum absolute atomic E-state index is 11.9. The molecule has 2 rings (SSSR count). The molecule has 26 heavy (non-hydrogen) atoms. The third-order valence-corrected chi connectivity index (χ3v) is 4.31. The third-order valence-electron chi connectivity index (χ3n) is 3.49. The molecule has 0 bridgehead atoms. The summed E-state index contributed by atoms with van der Waals surface area (Å²) in [7, 11) is 1.28.